The largest absolute Gasteiger partial charge is 0.330 e. The molecule has 0 spiro atoms. The Bertz CT molecular complexity index is 323. The highest BCUT2D eigenvalue weighted by Gasteiger charge is 2.26. The van der Waals surface area contributed by atoms with Crippen LogP contribution in [0, 0.1) is 0 Å². The van der Waals surface area contributed by atoms with E-state index >= 15 is 0 Å². The van der Waals surface area contributed by atoms with Crippen molar-refractivity contribution in [2.24, 2.45) is 5.73 Å². The summed E-state index contributed by atoms with van der Waals surface area (Å²) in [4.78, 5) is 2.64. The van der Waals surface area contributed by atoms with Crippen molar-refractivity contribution in [1.29, 1.82) is 0 Å². The maximum absolute atomic E-state index is 5.79. The quantitative estimate of drug-likeness (QED) is 0.865. The third-order valence-electron chi connectivity index (χ3n) is 3.88. The molecule has 2 unspecified atom stereocenters. The molecular weight excluding hydrogens is 208 g/mol. The zero-order valence-corrected chi connectivity index (χ0v) is 10.8. The van der Waals surface area contributed by atoms with Gasteiger partial charge in [-0.15, -0.1) is 0 Å². The molecule has 0 aliphatic carbocycles. The Balaban J connectivity index is 2.16. The number of rotatable bonds is 4. The van der Waals surface area contributed by atoms with Gasteiger partial charge in [0.25, 0.3) is 0 Å². The number of nitrogens with two attached hydrogens (primary N) is 1. The first kappa shape index (κ1) is 12.6. The number of hydrogen-bond donors (Lipinski definition) is 1. The van der Waals surface area contributed by atoms with E-state index in [2.05, 4.69) is 42.2 Å². The molecule has 0 amide bonds. The van der Waals surface area contributed by atoms with Crippen molar-refractivity contribution in [2.75, 3.05) is 13.1 Å². The van der Waals surface area contributed by atoms with Gasteiger partial charge in [-0.2, -0.15) is 0 Å². The second kappa shape index (κ2) is 6.18. The van der Waals surface area contributed by atoms with Gasteiger partial charge in [0.2, 0.25) is 0 Å². The molecule has 1 fully saturated rings. The van der Waals surface area contributed by atoms with Crippen LogP contribution in [-0.4, -0.2) is 24.0 Å². The number of likely N-dealkylation sites (tertiary alicyclic amines) is 1. The molecule has 2 N–H and O–H groups in total. The van der Waals surface area contributed by atoms with E-state index in [1.54, 1.807) is 0 Å². The van der Waals surface area contributed by atoms with E-state index in [4.69, 9.17) is 5.73 Å². The molecule has 2 atom stereocenters. The van der Waals surface area contributed by atoms with Crippen LogP contribution in [0.4, 0.5) is 0 Å². The van der Waals surface area contributed by atoms with Gasteiger partial charge < -0.3 is 5.73 Å². The Hall–Kier alpha value is -0.860. The average molecular weight is 232 g/mol. The zero-order chi connectivity index (χ0) is 12.1. The highest BCUT2D eigenvalue weighted by atomic mass is 15.2. The second-order valence-electron chi connectivity index (χ2n) is 5.09. The summed E-state index contributed by atoms with van der Waals surface area (Å²) in [6.45, 7) is 4.34. The van der Waals surface area contributed by atoms with Crippen molar-refractivity contribution in [3.63, 3.8) is 0 Å². The molecule has 2 nitrogen and oxygen atoms in total. The van der Waals surface area contributed by atoms with Crippen LogP contribution in [0.5, 0.6) is 0 Å². The minimum absolute atomic E-state index is 0.511. The van der Waals surface area contributed by atoms with Gasteiger partial charge in [0.15, 0.2) is 0 Å². The van der Waals surface area contributed by atoms with E-state index in [9.17, 15) is 0 Å². The summed E-state index contributed by atoms with van der Waals surface area (Å²) in [5, 5.41) is 0. The topological polar surface area (TPSA) is 29.3 Å². The fourth-order valence-electron chi connectivity index (χ4n) is 2.94. The molecule has 17 heavy (non-hydrogen) atoms. The lowest BCUT2D eigenvalue weighted by molar-refractivity contribution is 0.101. The lowest BCUT2D eigenvalue weighted by Gasteiger charge is -2.40. The zero-order valence-electron chi connectivity index (χ0n) is 10.8. The Kier molecular flexibility index (Phi) is 4.57. The Labute approximate surface area is 105 Å². The smallest absolute Gasteiger partial charge is 0.0362 e. The van der Waals surface area contributed by atoms with Crippen molar-refractivity contribution in [3.8, 4) is 0 Å². The summed E-state index contributed by atoms with van der Waals surface area (Å²) in [5.41, 5.74) is 7.22. The Morgan fingerprint density at radius 3 is 2.71 bits per heavy atom. The van der Waals surface area contributed by atoms with Crippen LogP contribution in [-0.2, 0) is 0 Å². The van der Waals surface area contributed by atoms with Crippen LogP contribution in [0.2, 0.25) is 0 Å². The van der Waals surface area contributed by atoms with Crippen LogP contribution >= 0.6 is 0 Å². The fraction of sp³-hybridized carbons (Fsp3) is 0.600. The lowest BCUT2D eigenvalue weighted by Crippen LogP contribution is -2.41. The number of piperidine rings is 1. The number of nitrogens with zero attached hydrogens (tertiary/aromatic N) is 1. The van der Waals surface area contributed by atoms with Gasteiger partial charge >= 0.3 is 0 Å². The molecule has 0 saturated carbocycles. The van der Waals surface area contributed by atoms with Crippen LogP contribution < -0.4 is 5.73 Å². The first-order chi connectivity index (χ1) is 8.33. The molecule has 1 aromatic rings. The summed E-state index contributed by atoms with van der Waals surface area (Å²) < 4.78 is 0. The van der Waals surface area contributed by atoms with Gasteiger partial charge in [-0.3, -0.25) is 4.90 Å². The number of hydrogen-bond acceptors (Lipinski definition) is 2. The molecule has 2 heteroatoms. The summed E-state index contributed by atoms with van der Waals surface area (Å²) in [6, 6.07) is 12.0. The first-order valence-corrected chi connectivity index (χ1v) is 6.83. The van der Waals surface area contributed by atoms with Gasteiger partial charge in [0.05, 0.1) is 0 Å². The molecule has 0 bridgehead atoms. The molecule has 1 aromatic carbocycles. The second-order valence-corrected chi connectivity index (χ2v) is 5.09. The first-order valence-electron chi connectivity index (χ1n) is 6.83. The lowest BCUT2D eigenvalue weighted by atomic mass is 9.95. The summed E-state index contributed by atoms with van der Waals surface area (Å²) in [5.74, 6) is 0. The summed E-state index contributed by atoms with van der Waals surface area (Å²) in [7, 11) is 0. The highest BCUT2D eigenvalue weighted by molar-refractivity contribution is 5.19. The average Bonchev–Trinajstić information content (AvgIpc) is 2.38. The van der Waals surface area contributed by atoms with Gasteiger partial charge in [-0.25, -0.2) is 0 Å². The number of benzene rings is 1. The van der Waals surface area contributed by atoms with Gasteiger partial charge in [-0.05, 0) is 44.8 Å². The Morgan fingerprint density at radius 1 is 1.29 bits per heavy atom. The van der Waals surface area contributed by atoms with Gasteiger partial charge in [0.1, 0.15) is 0 Å². The molecular formula is C15H24N2. The summed E-state index contributed by atoms with van der Waals surface area (Å²) in [6.07, 6.45) is 5.10. The van der Waals surface area contributed by atoms with Crippen LogP contribution in [0.3, 0.4) is 0 Å². The maximum atomic E-state index is 5.79. The standard InChI is InChI=1S/C15H24N2/c1-13-7-5-6-12-17(13)15(10-11-16)14-8-3-2-4-9-14/h2-4,8-9,13,15H,5-7,10-12,16H2,1H3. The van der Waals surface area contributed by atoms with Crippen molar-refractivity contribution >= 4 is 0 Å². The maximum Gasteiger partial charge on any atom is 0.0362 e. The van der Waals surface area contributed by atoms with Crippen molar-refractivity contribution < 1.29 is 0 Å². The van der Waals surface area contributed by atoms with E-state index in [0.717, 1.165) is 13.0 Å². The molecule has 1 saturated heterocycles. The third-order valence-corrected chi connectivity index (χ3v) is 3.88. The predicted octanol–water partition coefficient (Wildman–Crippen LogP) is 2.95. The highest BCUT2D eigenvalue weighted by Crippen LogP contribution is 2.30. The molecule has 0 aromatic heterocycles. The van der Waals surface area contributed by atoms with Crippen LogP contribution in [0.15, 0.2) is 30.3 Å². The minimum atomic E-state index is 0.511. The molecule has 94 valence electrons. The van der Waals surface area contributed by atoms with E-state index in [0.29, 0.717) is 12.1 Å². The minimum Gasteiger partial charge on any atom is -0.330 e. The van der Waals surface area contributed by atoms with Crippen molar-refractivity contribution in [3.05, 3.63) is 35.9 Å². The van der Waals surface area contributed by atoms with Gasteiger partial charge in [-0.1, -0.05) is 36.8 Å². The molecule has 1 heterocycles. The van der Waals surface area contributed by atoms with Crippen LogP contribution in [0.1, 0.15) is 44.2 Å². The monoisotopic (exact) mass is 232 g/mol. The van der Waals surface area contributed by atoms with E-state index in [1.807, 2.05) is 0 Å². The molecule has 0 radical (unpaired) electrons. The third kappa shape index (κ3) is 3.08. The molecule has 1 aliphatic heterocycles. The normalized spacial score (nSPS) is 23.5. The van der Waals surface area contributed by atoms with Crippen molar-refractivity contribution in [2.45, 2.75) is 44.7 Å². The summed E-state index contributed by atoms with van der Waals surface area (Å²) >= 11 is 0. The Morgan fingerprint density at radius 2 is 2.06 bits per heavy atom. The predicted molar refractivity (Wildman–Crippen MR) is 72.9 cm³/mol. The fourth-order valence-corrected chi connectivity index (χ4v) is 2.94. The molecule has 2 rings (SSSR count). The van der Waals surface area contributed by atoms with Crippen LogP contribution in [0.25, 0.3) is 0 Å². The van der Waals surface area contributed by atoms with E-state index < -0.39 is 0 Å². The van der Waals surface area contributed by atoms with E-state index in [-0.39, 0.29) is 0 Å². The SMILES string of the molecule is CC1CCCCN1C(CCN)c1ccccc1. The van der Waals surface area contributed by atoms with E-state index in [1.165, 1.54) is 31.4 Å². The van der Waals surface area contributed by atoms with Gasteiger partial charge in [0, 0.05) is 12.1 Å². The molecule has 1 aliphatic rings. The van der Waals surface area contributed by atoms with Crippen molar-refractivity contribution in [1.82, 2.24) is 4.90 Å².